The monoisotopic (exact) mass is 373 g/mol. The molecule has 0 N–H and O–H groups in total. The molecule has 3 aromatic rings. The highest BCUT2D eigenvalue weighted by molar-refractivity contribution is 5.50. The summed E-state index contributed by atoms with van der Waals surface area (Å²) in [5, 5.41) is 13.6. The molecule has 1 aliphatic heterocycles. The third-order valence-electron chi connectivity index (χ3n) is 5.11. The molecule has 0 saturated heterocycles. The fraction of sp³-hybridized carbons (Fsp3) is 0.304. The molecular weight excluding hydrogens is 350 g/mol. The van der Waals surface area contributed by atoms with Crippen molar-refractivity contribution in [1.82, 2.24) is 9.78 Å². The van der Waals surface area contributed by atoms with Gasteiger partial charge in [0.15, 0.2) is 11.5 Å². The van der Waals surface area contributed by atoms with Crippen LogP contribution in [0.1, 0.15) is 41.9 Å². The van der Waals surface area contributed by atoms with Crippen molar-refractivity contribution >= 4 is 0 Å². The highest BCUT2D eigenvalue weighted by Gasteiger charge is 2.32. The zero-order chi connectivity index (χ0) is 19.9. The molecule has 0 aliphatic carbocycles. The minimum absolute atomic E-state index is 0.200. The lowest BCUT2D eigenvalue weighted by molar-refractivity contribution is 0.131. The van der Waals surface area contributed by atoms with Crippen LogP contribution in [0.2, 0.25) is 0 Å². The second kappa shape index (κ2) is 6.72. The van der Waals surface area contributed by atoms with Crippen LogP contribution in [-0.2, 0) is 13.0 Å². The van der Waals surface area contributed by atoms with Gasteiger partial charge in [0.25, 0.3) is 0 Å². The molecule has 1 aromatic heterocycles. The van der Waals surface area contributed by atoms with Crippen molar-refractivity contribution in [2.24, 2.45) is 0 Å². The van der Waals surface area contributed by atoms with Crippen molar-refractivity contribution in [3.63, 3.8) is 0 Å². The number of nitriles is 1. The zero-order valence-electron chi connectivity index (χ0n) is 16.6. The Hall–Kier alpha value is -3.26. The predicted octanol–water partition coefficient (Wildman–Crippen LogP) is 4.65. The van der Waals surface area contributed by atoms with Gasteiger partial charge in [-0.3, -0.25) is 0 Å². The Morgan fingerprint density at radius 3 is 2.64 bits per heavy atom. The first-order valence-corrected chi connectivity index (χ1v) is 9.37. The van der Waals surface area contributed by atoms with Crippen LogP contribution in [0.4, 0.5) is 0 Å². The molecule has 4 rings (SSSR count). The number of para-hydroxylation sites is 1. The van der Waals surface area contributed by atoms with Crippen LogP contribution in [0, 0.1) is 25.2 Å². The largest absolute Gasteiger partial charge is 0.485 e. The van der Waals surface area contributed by atoms with E-state index in [0.717, 1.165) is 40.6 Å². The molecule has 0 bridgehead atoms. The molecule has 0 saturated carbocycles. The average molecular weight is 373 g/mol. The molecule has 2 heterocycles. The highest BCUT2D eigenvalue weighted by Crippen LogP contribution is 2.42. The van der Waals surface area contributed by atoms with Crippen molar-refractivity contribution in [3.05, 3.63) is 70.5 Å². The Bertz CT molecular complexity index is 1070. The van der Waals surface area contributed by atoms with E-state index in [2.05, 4.69) is 31.1 Å². The summed E-state index contributed by atoms with van der Waals surface area (Å²) in [4.78, 5) is 0. The van der Waals surface area contributed by atoms with Crippen LogP contribution < -0.4 is 9.47 Å². The number of aryl methyl sites for hydroxylation is 1. The van der Waals surface area contributed by atoms with Gasteiger partial charge in [-0.1, -0.05) is 12.1 Å². The Kier molecular flexibility index (Phi) is 4.35. The summed E-state index contributed by atoms with van der Waals surface area (Å²) in [5.41, 5.74) is 5.55. The van der Waals surface area contributed by atoms with Crippen molar-refractivity contribution in [3.8, 4) is 23.3 Å². The minimum atomic E-state index is -0.200. The lowest BCUT2D eigenvalue weighted by Gasteiger charge is -2.18. The molecule has 1 aliphatic rings. The molecule has 0 atom stereocenters. The second-order valence-electron chi connectivity index (χ2n) is 7.79. The van der Waals surface area contributed by atoms with Crippen molar-refractivity contribution in [1.29, 1.82) is 5.26 Å². The molecule has 28 heavy (non-hydrogen) atoms. The Morgan fingerprint density at radius 1 is 1.18 bits per heavy atom. The van der Waals surface area contributed by atoms with Crippen LogP contribution in [0.25, 0.3) is 5.69 Å². The van der Waals surface area contributed by atoms with Crippen LogP contribution in [0.15, 0.2) is 42.5 Å². The van der Waals surface area contributed by atoms with Gasteiger partial charge in [-0.05, 0) is 58.0 Å². The summed E-state index contributed by atoms with van der Waals surface area (Å²) in [6, 6.07) is 15.6. The summed E-state index contributed by atoms with van der Waals surface area (Å²) in [6.07, 6.45) is 0.883. The maximum Gasteiger partial charge on any atom is 0.165 e. The van der Waals surface area contributed by atoms with E-state index in [9.17, 15) is 0 Å². The molecule has 0 fully saturated rings. The van der Waals surface area contributed by atoms with E-state index >= 15 is 0 Å². The third-order valence-corrected chi connectivity index (χ3v) is 5.11. The quantitative estimate of drug-likeness (QED) is 0.668. The topological polar surface area (TPSA) is 60.1 Å². The van der Waals surface area contributed by atoms with Crippen LogP contribution in [-0.4, -0.2) is 15.4 Å². The van der Waals surface area contributed by atoms with Gasteiger partial charge in [-0.15, -0.1) is 0 Å². The first kappa shape index (κ1) is 18.1. The van der Waals surface area contributed by atoms with Gasteiger partial charge in [-0.2, -0.15) is 10.4 Å². The lowest BCUT2D eigenvalue weighted by Crippen LogP contribution is -2.24. The van der Waals surface area contributed by atoms with Crippen LogP contribution >= 0.6 is 0 Å². The van der Waals surface area contributed by atoms with Crippen molar-refractivity contribution in [2.45, 2.75) is 46.3 Å². The number of rotatable bonds is 4. The summed E-state index contributed by atoms with van der Waals surface area (Å²) >= 11 is 0. The second-order valence-corrected chi connectivity index (χ2v) is 7.79. The van der Waals surface area contributed by atoms with Gasteiger partial charge in [0.2, 0.25) is 0 Å². The fourth-order valence-electron chi connectivity index (χ4n) is 3.66. The Morgan fingerprint density at radius 2 is 1.93 bits per heavy atom. The van der Waals surface area contributed by atoms with E-state index in [-0.39, 0.29) is 5.60 Å². The van der Waals surface area contributed by atoms with E-state index in [1.54, 1.807) is 12.1 Å². The molecule has 0 unspecified atom stereocenters. The first-order valence-electron chi connectivity index (χ1n) is 9.37. The first-order chi connectivity index (χ1) is 13.4. The molecular formula is C23H23N3O2. The van der Waals surface area contributed by atoms with Gasteiger partial charge >= 0.3 is 0 Å². The number of ether oxygens (including phenoxy) is 2. The number of aromatic nitrogens is 2. The third kappa shape index (κ3) is 3.22. The molecule has 142 valence electrons. The molecule has 0 radical (unpaired) electrons. The predicted molar refractivity (Wildman–Crippen MR) is 107 cm³/mol. The van der Waals surface area contributed by atoms with Crippen molar-refractivity contribution in [2.75, 3.05) is 0 Å². The summed E-state index contributed by atoms with van der Waals surface area (Å²) < 4.78 is 14.1. The number of fused-ring (bicyclic) bond motifs is 1. The van der Waals surface area contributed by atoms with Gasteiger partial charge in [0, 0.05) is 23.2 Å². The van der Waals surface area contributed by atoms with Gasteiger partial charge in [0.1, 0.15) is 12.2 Å². The number of nitrogens with zero attached hydrogens (tertiary/aromatic N) is 3. The lowest BCUT2D eigenvalue weighted by atomic mass is 10.0. The summed E-state index contributed by atoms with van der Waals surface area (Å²) in [7, 11) is 0. The van der Waals surface area contributed by atoms with E-state index in [1.807, 2.05) is 42.8 Å². The summed E-state index contributed by atoms with van der Waals surface area (Å²) in [6.45, 7) is 8.63. The molecule has 0 amide bonds. The number of benzene rings is 2. The fourth-order valence-corrected chi connectivity index (χ4v) is 3.66. The smallest absolute Gasteiger partial charge is 0.165 e. The van der Waals surface area contributed by atoms with Crippen LogP contribution in [0.5, 0.6) is 11.5 Å². The Labute approximate surface area is 165 Å². The maximum absolute atomic E-state index is 8.98. The van der Waals surface area contributed by atoms with Crippen LogP contribution in [0.3, 0.4) is 0 Å². The Balaban J connectivity index is 1.58. The number of hydrogen-bond acceptors (Lipinski definition) is 4. The van der Waals surface area contributed by atoms with E-state index in [4.69, 9.17) is 14.7 Å². The van der Waals surface area contributed by atoms with Gasteiger partial charge in [0.05, 0.1) is 23.0 Å². The summed E-state index contributed by atoms with van der Waals surface area (Å²) in [5.74, 6) is 1.62. The SMILES string of the molecule is Cc1nn(-c2ccc(C#N)cc2)c(C)c1COc1cccc2c1OC(C)(C)C2. The molecule has 2 aromatic carbocycles. The average Bonchev–Trinajstić information content (AvgIpc) is 3.14. The van der Waals surface area contributed by atoms with Gasteiger partial charge < -0.3 is 9.47 Å². The van der Waals surface area contributed by atoms with Crippen molar-refractivity contribution < 1.29 is 9.47 Å². The van der Waals surface area contributed by atoms with Gasteiger partial charge in [-0.25, -0.2) is 4.68 Å². The highest BCUT2D eigenvalue weighted by atomic mass is 16.5. The molecule has 5 heteroatoms. The van der Waals surface area contributed by atoms with E-state index in [1.165, 1.54) is 5.56 Å². The standard InChI is InChI=1S/C23H23N3O2/c1-15-20(16(2)26(25-15)19-10-8-17(13-24)9-11-19)14-27-21-7-5-6-18-12-23(3,4)28-22(18)21/h5-11H,12,14H2,1-4H3. The molecule has 5 nitrogen and oxygen atoms in total. The van der Waals surface area contributed by atoms with E-state index in [0.29, 0.717) is 12.2 Å². The normalized spacial score (nSPS) is 14.2. The van der Waals surface area contributed by atoms with E-state index < -0.39 is 0 Å². The maximum atomic E-state index is 8.98. The minimum Gasteiger partial charge on any atom is -0.485 e. The zero-order valence-corrected chi connectivity index (χ0v) is 16.6. The number of hydrogen-bond donors (Lipinski definition) is 0. The molecule has 0 spiro atoms.